The first-order chi connectivity index (χ1) is 12.1. The molecule has 2 aromatic rings. The molecule has 0 atom stereocenters. The lowest BCUT2D eigenvalue weighted by Crippen LogP contribution is -2.27. The number of benzene rings is 2. The van der Waals surface area contributed by atoms with Crippen molar-refractivity contribution in [2.75, 3.05) is 6.61 Å². The molecule has 0 aromatic heterocycles. The Morgan fingerprint density at radius 1 is 1.08 bits per heavy atom. The first kappa shape index (κ1) is 17.3. The second-order valence-corrected chi connectivity index (χ2v) is 6.69. The van der Waals surface area contributed by atoms with Crippen LogP contribution in [-0.4, -0.2) is 22.7 Å². The minimum Gasteiger partial charge on any atom is -0.494 e. The van der Waals surface area contributed by atoms with Crippen LogP contribution in [0.4, 0.5) is 4.79 Å². The van der Waals surface area contributed by atoms with Gasteiger partial charge >= 0.3 is 0 Å². The summed E-state index contributed by atoms with van der Waals surface area (Å²) < 4.78 is 5.41. The zero-order chi connectivity index (χ0) is 17.8. The molecule has 2 aromatic carbocycles. The third kappa shape index (κ3) is 3.94. The van der Waals surface area contributed by atoms with Crippen LogP contribution in [0.2, 0.25) is 0 Å². The van der Waals surface area contributed by atoms with Gasteiger partial charge in [0.2, 0.25) is 0 Å². The van der Waals surface area contributed by atoms with Gasteiger partial charge in [-0.05, 0) is 60.5 Å². The highest BCUT2D eigenvalue weighted by Gasteiger charge is 2.35. The van der Waals surface area contributed by atoms with Gasteiger partial charge in [0, 0.05) is 0 Å². The lowest BCUT2D eigenvalue weighted by Gasteiger charge is -2.14. The summed E-state index contributed by atoms with van der Waals surface area (Å²) in [5.74, 6) is 0.541. The Morgan fingerprint density at radius 2 is 1.80 bits per heavy atom. The van der Waals surface area contributed by atoms with Crippen molar-refractivity contribution in [2.24, 2.45) is 0 Å². The summed E-state index contributed by atoms with van der Waals surface area (Å²) in [6, 6.07) is 15.2. The maximum atomic E-state index is 12.6. The van der Waals surface area contributed by atoms with E-state index in [-0.39, 0.29) is 11.1 Å². The van der Waals surface area contributed by atoms with E-state index in [2.05, 4.69) is 0 Å². The highest BCUT2D eigenvalue weighted by atomic mass is 32.2. The number of hydrogen-bond acceptors (Lipinski definition) is 4. The average Bonchev–Trinajstić information content (AvgIpc) is 2.86. The van der Waals surface area contributed by atoms with Gasteiger partial charge in [-0.25, -0.2) is 0 Å². The van der Waals surface area contributed by atoms with E-state index in [0.29, 0.717) is 18.1 Å². The van der Waals surface area contributed by atoms with Crippen molar-refractivity contribution >= 4 is 29.0 Å². The lowest BCUT2D eigenvalue weighted by molar-refractivity contribution is -0.123. The Morgan fingerprint density at radius 3 is 2.48 bits per heavy atom. The minimum absolute atomic E-state index is 0.231. The van der Waals surface area contributed by atoms with Gasteiger partial charge in [0.15, 0.2) is 0 Å². The number of amides is 2. The number of carbonyl (C=O) groups is 2. The zero-order valence-electron chi connectivity index (χ0n) is 14.2. The number of ether oxygens (including phenoxy) is 1. The van der Waals surface area contributed by atoms with E-state index < -0.39 is 0 Å². The van der Waals surface area contributed by atoms with Gasteiger partial charge in [-0.2, -0.15) is 0 Å². The van der Waals surface area contributed by atoms with E-state index in [1.54, 1.807) is 6.08 Å². The molecule has 1 aliphatic rings. The summed E-state index contributed by atoms with van der Waals surface area (Å²) >= 11 is 0.983. The van der Waals surface area contributed by atoms with E-state index in [0.717, 1.165) is 34.2 Å². The van der Waals surface area contributed by atoms with E-state index in [4.69, 9.17) is 4.74 Å². The van der Waals surface area contributed by atoms with Crippen molar-refractivity contribution in [3.8, 4) is 5.75 Å². The van der Waals surface area contributed by atoms with Crippen LogP contribution in [0.25, 0.3) is 6.08 Å². The van der Waals surface area contributed by atoms with Crippen molar-refractivity contribution in [1.29, 1.82) is 0 Å². The Labute approximate surface area is 151 Å². The second-order valence-electron chi connectivity index (χ2n) is 5.70. The third-order valence-electron chi connectivity index (χ3n) is 3.95. The summed E-state index contributed by atoms with van der Waals surface area (Å²) in [5.41, 5.74) is 2.91. The quantitative estimate of drug-likeness (QED) is 0.735. The number of aryl methyl sites for hydroxylation is 1. The Balaban J connectivity index is 1.77. The minimum atomic E-state index is -0.243. The molecular weight excluding hydrogens is 334 g/mol. The van der Waals surface area contributed by atoms with Gasteiger partial charge in [0.25, 0.3) is 11.1 Å². The number of hydrogen-bond donors (Lipinski definition) is 0. The van der Waals surface area contributed by atoms with Crippen LogP contribution in [0.15, 0.2) is 53.4 Å². The van der Waals surface area contributed by atoms with Crippen LogP contribution >= 0.6 is 11.8 Å². The van der Waals surface area contributed by atoms with Gasteiger partial charge in [-0.3, -0.25) is 14.5 Å². The topological polar surface area (TPSA) is 46.6 Å². The predicted octanol–water partition coefficient (Wildman–Crippen LogP) is 4.63. The first-order valence-corrected chi connectivity index (χ1v) is 8.93. The molecule has 4 nitrogen and oxygen atoms in total. The van der Waals surface area contributed by atoms with Crippen LogP contribution in [0.3, 0.4) is 0 Å². The fourth-order valence-corrected chi connectivity index (χ4v) is 3.41. The van der Waals surface area contributed by atoms with Crippen LogP contribution in [0.5, 0.6) is 5.75 Å². The maximum absolute atomic E-state index is 12.6. The number of imide groups is 1. The molecule has 0 N–H and O–H groups in total. The number of thioether (sulfide) groups is 1. The molecule has 0 unspecified atom stereocenters. The first-order valence-electron chi connectivity index (χ1n) is 8.11. The summed E-state index contributed by atoms with van der Waals surface area (Å²) in [6.45, 7) is 4.82. The predicted molar refractivity (Wildman–Crippen MR) is 100 cm³/mol. The third-order valence-corrected chi connectivity index (χ3v) is 4.86. The van der Waals surface area contributed by atoms with Gasteiger partial charge < -0.3 is 4.74 Å². The van der Waals surface area contributed by atoms with Crippen molar-refractivity contribution in [2.45, 2.75) is 20.4 Å². The SMILES string of the molecule is CCOc1ccc(/C=C2\SC(=O)N(Cc3ccccc3C)C2=O)cc1. The lowest BCUT2D eigenvalue weighted by atomic mass is 10.1. The molecule has 1 aliphatic heterocycles. The van der Waals surface area contributed by atoms with Crippen LogP contribution in [0, 0.1) is 6.92 Å². The molecule has 0 spiro atoms. The molecule has 3 rings (SSSR count). The zero-order valence-corrected chi connectivity index (χ0v) is 15.0. The standard InChI is InChI=1S/C20H19NO3S/c1-3-24-17-10-8-15(9-11-17)12-18-19(22)21(20(23)25-18)13-16-7-5-4-6-14(16)2/h4-12H,3,13H2,1-2H3/b18-12-. The van der Waals surface area contributed by atoms with Gasteiger partial charge in [0.1, 0.15) is 5.75 Å². The highest BCUT2D eigenvalue weighted by Crippen LogP contribution is 2.33. The molecule has 1 heterocycles. The Bertz CT molecular complexity index is 827. The summed E-state index contributed by atoms with van der Waals surface area (Å²) in [5, 5.41) is -0.231. The van der Waals surface area contributed by atoms with Gasteiger partial charge in [0.05, 0.1) is 18.1 Å². The summed E-state index contributed by atoms with van der Waals surface area (Å²) in [6.07, 6.45) is 1.75. The molecule has 2 amide bonds. The van der Waals surface area contributed by atoms with E-state index in [1.807, 2.05) is 62.4 Å². The van der Waals surface area contributed by atoms with Crippen molar-refractivity contribution < 1.29 is 14.3 Å². The average molecular weight is 353 g/mol. The Kier molecular flexibility index (Phi) is 5.24. The monoisotopic (exact) mass is 353 g/mol. The molecule has 5 heteroatoms. The fraction of sp³-hybridized carbons (Fsp3) is 0.200. The van der Waals surface area contributed by atoms with E-state index >= 15 is 0 Å². The molecule has 0 radical (unpaired) electrons. The van der Waals surface area contributed by atoms with Crippen molar-refractivity contribution in [3.63, 3.8) is 0 Å². The molecule has 128 valence electrons. The van der Waals surface area contributed by atoms with Crippen LogP contribution in [-0.2, 0) is 11.3 Å². The number of rotatable bonds is 5. The van der Waals surface area contributed by atoms with Crippen molar-refractivity contribution in [3.05, 3.63) is 70.1 Å². The smallest absolute Gasteiger partial charge is 0.293 e. The summed E-state index contributed by atoms with van der Waals surface area (Å²) in [7, 11) is 0. The molecule has 1 saturated heterocycles. The molecule has 25 heavy (non-hydrogen) atoms. The molecular formula is C20H19NO3S. The number of nitrogens with zero attached hydrogens (tertiary/aromatic N) is 1. The Hall–Kier alpha value is -2.53. The highest BCUT2D eigenvalue weighted by molar-refractivity contribution is 8.18. The van der Waals surface area contributed by atoms with Gasteiger partial charge in [-0.15, -0.1) is 0 Å². The number of carbonyl (C=O) groups excluding carboxylic acids is 2. The van der Waals surface area contributed by atoms with Crippen LogP contribution < -0.4 is 4.74 Å². The summed E-state index contributed by atoms with van der Waals surface area (Å²) in [4.78, 5) is 26.6. The van der Waals surface area contributed by atoms with E-state index in [1.165, 1.54) is 4.90 Å². The van der Waals surface area contributed by atoms with Crippen LogP contribution in [0.1, 0.15) is 23.6 Å². The fourth-order valence-electron chi connectivity index (χ4n) is 2.57. The molecule has 0 bridgehead atoms. The van der Waals surface area contributed by atoms with E-state index in [9.17, 15) is 9.59 Å². The van der Waals surface area contributed by atoms with Gasteiger partial charge in [-0.1, -0.05) is 36.4 Å². The second kappa shape index (κ2) is 7.57. The maximum Gasteiger partial charge on any atom is 0.293 e. The normalized spacial score (nSPS) is 15.9. The molecule has 0 aliphatic carbocycles. The van der Waals surface area contributed by atoms with Crippen molar-refractivity contribution in [1.82, 2.24) is 4.90 Å². The largest absolute Gasteiger partial charge is 0.494 e. The molecule has 0 saturated carbocycles. The molecule has 1 fully saturated rings.